The van der Waals surface area contributed by atoms with Gasteiger partial charge in [0.25, 0.3) is 5.91 Å². The lowest BCUT2D eigenvalue weighted by Gasteiger charge is -2.17. The average Bonchev–Trinajstić information content (AvgIpc) is 2.43. The number of anilines is 1. The van der Waals surface area contributed by atoms with Crippen molar-refractivity contribution in [1.29, 1.82) is 0 Å². The maximum atomic E-state index is 11.9. The van der Waals surface area contributed by atoms with Gasteiger partial charge in [0.1, 0.15) is 0 Å². The fourth-order valence-electron chi connectivity index (χ4n) is 1.68. The van der Waals surface area contributed by atoms with Crippen LogP contribution in [0, 0.1) is 0 Å². The summed E-state index contributed by atoms with van der Waals surface area (Å²) in [5.74, 6) is -0.0622. The molecule has 1 heterocycles. The Balaban J connectivity index is 2.65. The summed E-state index contributed by atoms with van der Waals surface area (Å²) < 4.78 is -0.925. The third kappa shape index (κ3) is 1.09. The van der Waals surface area contributed by atoms with Crippen molar-refractivity contribution in [1.82, 2.24) is 0 Å². The molecule has 1 aromatic rings. The summed E-state index contributed by atoms with van der Waals surface area (Å²) in [5, 5.41) is 0. The molecule has 1 atom stereocenters. The van der Waals surface area contributed by atoms with Crippen molar-refractivity contribution in [2.24, 2.45) is 0 Å². The highest BCUT2D eigenvalue weighted by Crippen LogP contribution is 2.50. The van der Waals surface area contributed by atoms with Gasteiger partial charge in [-0.3, -0.25) is 4.79 Å². The SMILES string of the molecule is CSC1(Cl)C(=O)N(C)c2ccccc21. The van der Waals surface area contributed by atoms with Gasteiger partial charge in [0.05, 0.1) is 0 Å². The molecule has 1 aromatic carbocycles. The highest BCUT2D eigenvalue weighted by Gasteiger charge is 2.47. The number of para-hydroxylation sites is 1. The third-order valence-corrected chi connectivity index (χ3v) is 4.26. The minimum absolute atomic E-state index is 0.0622. The van der Waals surface area contributed by atoms with E-state index in [1.54, 1.807) is 11.9 Å². The van der Waals surface area contributed by atoms with Crippen molar-refractivity contribution in [3.8, 4) is 0 Å². The van der Waals surface area contributed by atoms with Crippen LogP contribution >= 0.6 is 23.4 Å². The molecule has 0 radical (unpaired) electrons. The number of carbonyl (C=O) groups excluding carboxylic acids is 1. The van der Waals surface area contributed by atoms with Gasteiger partial charge in [0.15, 0.2) is 4.21 Å². The fraction of sp³-hybridized carbons (Fsp3) is 0.300. The molecule has 0 N–H and O–H groups in total. The van der Waals surface area contributed by atoms with Crippen LogP contribution in [-0.2, 0) is 9.00 Å². The standard InChI is InChI=1S/C10H10ClNOS/c1-12-8-6-4-3-5-7(8)10(11,14-2)9(12)13/h3-6H,1-2H3. The first-order chi connectivity index (χ1) is 6.61. The Hall–Kier alpha value is -0.670. The molecule has 1 aliphatic rings. The van der Waals surface area contributed by atoms with Crippen molar-refractivity contribution in [3.63, 3.8) is 0 Å². The number of nitrogens with zero attached hydrogens (tertiary/aromatic N) is 1. The summed E-state index contributed by atoms with van der Waals surface area (Å²) in [4.78, 5) is 13.5. The molecular formula is C10H10ClNOS. The smallest absolute Gasteiger partial charge is 0.262 e. The molecule has 4 heteroatoms. The van der Waals surface area contributed by atoms with Gasteiger partial charge in [0, 0.05) is 18.3 Å². The molecule has 1 unspecified atom stereocenters. The zero-order chi connectivity index (χ0) is 10.3. The van der Waals surface area contributed by atoms with E-state index in [-0.39, 0.29) is 5.91 Å². The molecule has 0 bridgehead atoms. The Morgan fingerprint density at radius 2 is 2.07 bits per heavy atom. The Labute approximate surface area is 92.2 Å². The first-order valence-corrected chi connectivity index (χ1v) is 5.83. The number of amides is 1. The third-order valence-electron chi connectivity index (χ3n) is 2.47. The van der Waals surface area contributed by atoms with Gasteiger partial charge in [-0.05, 0) is 12.3 Å². The number of alkyl halides is 1. The fourth-order valence-corrected chi connectivity index (χ4v) is 2.67. The van der Waals surface area contributed by atoms with Gasteiger partial charge in [-0.2, -0.15) is 0 Å². The summed E-state index contributed by atoms with van der Waals surface area (Å²) in [6.07, 6.45) is 1.85. The largest absolute Gasteiger partial charge is 0.313 e. The van der Waals surface area contributed by atoms with Gasteiger partial charge < -0.3 is 4.90 Å². The van der Waals surface area contributed by atoms with Crippen LogP contribution < -0.4 is 4.90 Å². The van der Waals surface area contributed by atoms with E-state index >= 15 is 0 Å². The predicted octanol–water partition coefficient (Wildman–Crippen LogP) is 2.42. The van der Waals surface area contributed by atoms with E-state index in [1.165, 1.54) is 11.8 Å². The van der Waals surface area contributed by atoms with Crippen LogP contribution in [0.2, 0.25) is 0 Å². The number of likely N-dealkylation sites (N-methyl/N-ethyl adjacent to an activating group) is 1. The predicted molar refractivity (Wildman–Crippen MR) is 60.9 cm³/mol. The van der Waals surface area contributed by atoms with Gasteiger partial charge in [-0.1, -0.05) is 29.8 Å². The monoisotopic (exact) mass is 227 g/mol. The second-order valence-electron chi connectivity index (χ2n) is 3.18. The molecular weight excluding hydrogens is 218 g/mol. The lowest BCUT2D eigenvalue weighted by molar-refractivity contribution is -0.118. The Morgan fingerprint density at radius 3 is 2.71 bits per heavy atom. The van der Waals surface area contributed by atoms with Crippen LogP contribution in [0.1, 0.15) is 5.56 Å². The van der Waals surface area contributed by atoms with Gasteiger partial charge >= 0.3 is 0 Å². The Morgan fingerprint density at radius 1 is 1.43 bits per heavy atom. The molecule has 0 saturated heterocycles. The summed E-state index contributed by atoms with van der Waals surface area (Å²) in [5.41, 5.74) is 1.79. The lowest BCUT2D eigenvalue weighted by atomic mass is 10.1. The summed E-state index contributed by atoms with van der Waals surface area (Å²) in [6.45, 7) is 0. The molecule has 74 valence electrons. The van der Waals surface area contributed by atoms with E-state index in [9.17, 15) is 4.79 Å². The van der Waals surface area contributed by atoms with Crippen molar-refractivity contribution < 1.29 is 4.79 Å². The highest BCUT2D eigenvalue weighted by molar-refractivity contribution is 8.01. The van der Waals surface area contributed by atoms with Gasteiger partial charge in [-0.15, -0.1) is 11.8 Å². The van der Waals surface area contributed by atoms with E-state index in [1.807, 2.05) is 30.5 Å². The van der Waals surface area contributed by atoms with E-state index < -0.39 is 4.21 Å². The number of hydrogen-bond donors (Lipinski definition) is 0. The molecule has 1 aliphatic heterocycles. The van der Waals surface area contributed by atoms with E-state index in [0.29, 0.717) is 0 Å². The number of rotatable bonds is 1. The molecule has 1 amide bonds. The number of hydrogen-bond acceptors (Lipinski definition) is 2. The molecule has 0 fully saturated rings. The normalized spacial score (nSPS) is 25.4. The van der Waals surface area contributed by atoms with Gasteiger partial charge in [0.2, 0.25) is 0 Å². The van der Waals surface area contributed by atoms with Crippen LogP contribution in [0.15, 0.2) is 24.3 Å². The maximum Gasteiger partial charge on any atom is 0.262 e. The molecule has 2 nitrogen and oxygen atoms in total. The summed E-state index contributed by atoms with van der Waals surface area (Å²) >= 11 is 7.67. The second-order valence-corrected chi connectivity index (χ2v) is 4.99. The van der Waals surface area contributed by atoms with Crippen LogP contribution in [-0.4, -0.2) is 19.2 Å². The lowest BCUT2D eigenvalue weighted by Crippen LogP contribution is -2.31. The molecule has 2 rings (SSSR count). The summed E-state index contributed by atoms with van der Waals surface area (Å²) in [6, 6.07) is 7.62. The maximum absolute atomic E-state index is 11.9. The van der Waals surface area contributed by atoms with E-state index in [2.05, 4.69) is 0 Å². The number of halogens is 1. The van der Waals surface area contributed by atoms with Crippen molar-refractivity contribution >= 4 is 35.0 Å². The first-order valence-electron chi connectivity index (χ1n) is 4.23. The van der Waals surface area contributed by atoms with E-state index in [4.69, 9.17) is 11.6 Å². The second kappa shape index (κ2) is 3.17. The first kappa shape index (κ1) is 9.87. The van der Waals surface area contributed by atoms with Crippen LogP contribution in [0.25, 0.3) is 0 Å². The quantitative estimate of drug-likeness (QED) is 0.687. The van der Waals surface area contributed by atoms with Crippen LogP contribution in [0.4, 0.5) is 5.69 Å². The molecule has 0 aromatic heterocycles. The molecule has 0 saturated carbocycles. The molecule has 14 heavy (non-hydrogen) atoms. The average molecular weight is 228 g/mol. The number of fused-ring (bicyclic) bond motifs is 1. The van der Waals surface area contributed by atoms with Gasteiger partial charge in [-0.25, -0.2) is 0 Å². The van der Waals surface area contributed by atoms with E-state index in [0.717, 1.165) is 11.3 Å². The highest BCUT2D eigenvalue weighted by atomic mass is 35.5. The topological polar surface area (TPSA) is 20.3 Å². The zero-order valence-electron chi connectivity index (χ0n) is 7.95. The minimum atomic E-state index is -0.925. The zero-order valence-corrected chi connectivity index (χ0v) is 9.52. The number of carbonyl (C=O) groups is 1. The van der Waals surface area contributed by atoms with Crippen LogP contribution in [0.3, 0.4) is 0 Å². The minimum Gasteiger partial charge on any atom is -0.313 e. The van der Waals surface area contributed by atoms with Crippen molar-refractivity contribution in [2.75, 3.05) is 18.2 Å². The Kier molecular flexibility index (Phi) is 2.24. The number of thioether (sulfide) groups is 1. The van der Waals surface area contributed by atoms with Crippen molar-refractivity contribution in [2.45, 2.75) is 4.21 Å². The molecule has 0 aliphatic carbocycles. The Bertz CT molecular complexity index is 395. The summed E-state index contributed by atoms with van der Waals surface area (Å²) in [7, 11) is 1.75. The number of benzene rings is 1. The van der Waals surface area contributed by atoms with Crippen molar-refractivity contribution in [3.05, 3.63) is 29.8 Å². The van der Waals surface area contributed by atoms with Crippen LogP contribution in [0.5, 0.6) is 0 Å². The molecule has 0 spiro atoms.